The van der Waals surface area contributed by atoms with Crippen molar-refractivity contribution in [2.75, 3.05) is 41.8 Å². The SMILES string of the molecule is O=C(CN1CN(c2ccccc2)C2(CCN(C(=O)Nc3cccc(F)c3)CC2)C1=O)Nc1ccccc1. The zero-order valence-electron chi connectivity index (χ0n) is 20.3. The number of amides is 4. The summed E-state index contributed by atoms with van der Waals surface area (Å²) in [6, 6.07) is 24.2. The highest BCUT2D eigenvalue weighted by Gasteiger charge is 2.54. The summed E-state index contributed by atoms with van der Waals surface area (Å²) >= 11 is 0. The minimum absolute atomic E-state index is 0.0669. The molecule has 2 N–H and O–H groups in total. The van der Waals surface area contributed by atoms with Gasteiger partial charge in [0.2, 0.25) is 5.91 Å². The highest BCUT2D eigenvalue weighted by Crippen LogP contribution is 2.39. The molecular formula is C28H28FN5O3. The molecule has 190 valence electrons. The molecule has 1 spiro atoms. The number of halogens is 1. The Kier molecular flexibility index (Phi) is 6.76. The number of piperidine rings is 1. The van der Waals surface area contributed by atoms with Crippen molar-refractivity contribution in [3.8, 4) is 0 Å². The van der Waals surface area contributed by atoms with Gasteiger partial charge in [-0.05, 0) is 55.3 Å². The van der Waals surface area contributed by atoms with E-state index in [9.17, 15) is 18.8 Å². The van der Waals surface area contributed by atoms with Gasteiger partial charge in [-0.15, -0.1) is 0 Å². The Bertz CT molecular complexity index is 1280. The molecule has 0 unspecified atom stereocenters. The van der Waals surface area contributed by atoms with Crippen molar-refractivity contribution in [3.63, 3.8) is 0 Å². The number of anilines is 3. The van der Waals surface area contributed by atoms with E-state index in [2.05, 4.69) is 10.6 Å². The van der Waals surface area contributed by atoms with Crippen LogP contribution < -0.4 is 15.5 Å². The Hall–Kier alpha value is -4.40. The summed E-state index contributed by atoms with van der Waals surface area (Å²) in [6.07, 6.45) is 0.822. The quantitative estimate of drug-likeness (QED) is 0.551. The molecule has 4 amide bonds. The van der Waals surface area contributed by atoms with Gasteiger partial charge in [0, 0.05) is 30.2 Å². The van der Waals surface area contributed by atoms with E-state index in [0.29, 0.717) is 37.3 Å². The van der Waals surface area contributed by atoms with Crippen LogP contribution in [0.25, 0.3) is 0 Å². The normalized spacial score (nSPS) is 16.7. The van der Waals surface area contributed by atoms with Crippen molar-refractivity contribution in [2.45, 2.75) is 18.4 Å². The number of carbonyl (C=O) groups excluding carboxylic acids is 3. The first-order chi connectivity index (χ1) is 17.9. The lowest BCUT2D eigenvalue weighted by atomic mass is 9.85. The Labute approximate surface area is 214 Å². The number of hydrogen-bond donors (Lipinski definition) is 2. The third-order valence-electron chi connectivity index (χ3n) is 6.93. The third kappa shape index (κ3) is 5.11. The topological polar surface area (TPSA) is 85.0 Å². The van der Waals surface area contributed by atoms with Crippen LogP contribution in [0.15, 0.2) is 84.9 Å². The predicted molar refractivity (Wildman–Crippen MR) is 140 cm³/mol. The summed E-state index contributed by atoms with van der Waals surface area (Å²) in [5, 5.41) is 5.57. The van der Waals surface area contributed by atoms with E-state index < -0.39 is 11.4 Å². The van der Waals surface area contributed by atoms with Crippen LogP contribution in [-0.4, -0.2) is 59.5 Å². The van der Waals surface area contributed by atoms with Gasteiger partial charge >= 0.3 is 6.03 Å². The van der Waals surface area contributed by atoms with Crippen molar-refractivity contribution in [3.05, 3.63) is 90.7 Å². The molecule has 2 fully saturated rings. The first-order valence-corrected chi connectivity index (χ1v) is 12.2. The van der Waals surface area contributed by atoms with Crippen molar-refractivity contribution < 1.29 is 18.8 Å². The Morgan fingerprint density at radius 2 is 1.49 bits per heavy atom. The van der Waals surface area contributed by atoms with Crippen LogP contribution in [0, 0.1) is 5.82 Å². The van der Waals surface area contributed by atoms with Crippen LogP contribution in [0.1, 0.15) is 12.8 Å². The zero-order chi connectivity index (χ0) is 25.8. The molecule has 2 heterocycles. The van der Waals surface area contributed by atoms with Crippen molar-refractivity contribution in [1.29, 1.82) is 0 Å². The summed E-state index contributed by atoms with van der Waals surface area (Å²) in [4.78, 5) is 44.6. The summed E-state index contributed by atoms with van der Waals surface area (Å²) in [5.74, 6) is -0.817. The fraction of sp³-hybridized carbons (Fsp3) is 0.250. The average molecular weight is 502 g/mol. The lowest BCUT2D eigenvalue weighted by molar-refractivity contribution is -0.136. The number of rotatable bonds is 5. The molecule has 2 aliphatic heterocycles. The Balaban J connectivity index is 1.30. The number of urea groups is 1. The van der Waals surface area contributed by atoms with Crippen LogP contribution in [0.5, 0.6) is 0 Å². The van der Waals surface area contributed by atoms with Gasteiger partial charge in [-0.25, -0.2) is 9.18 Å². The molecule has 9 heteroatoms. The fourth-order valence-electron chi connectivity index (χ4n) is 5.07. The van der Waals surface area contributed by atoms with Crippen molar-refractivity contribution in [2.24, 2.45) is 0 Å². The second kappa shape index (κ2) is 10.3. The van der Waals surface area contributed by atoms with E-state index in [0.717, 1.165) is 5.69 Å². The molecule has 0 saturated carbocycles. The number of nitrogens with one attached hydrogen (secondary N) is 2. The summed E-state index contributed by atoms with van der Waals surface area (Å²) in [6.45, 7) is 0.906. The third-order valence-corrected chi connectivity index (χ3v) is 6.93. The van der Waals surface area contributed by atoms with Gasteiger partial charge in [0.25, 0.3) is 5.91 Å². The molecule has 37 heavy (non-hydrogen) atoms. The Morgan fingerprint density at radius 1 is 0.838 bits per heavy atom. The van der Waals surface area contributed by atoms with E-state index >= 15 is 0 Å². The van der Waals surface area contributed by atoms with Crippen LogP contribution in [0.3, 0.4) is 0 Å². The Morgan fingerprint density at radius 3 is 2.16 bits per heavy atom. The number of carbonyl (C=O) groups is 3. The molecule has 0 aromatic heterocycles. The molecular weight excluding hydrogens is 473 g/mol. The van der Waals surface area contributed by atoms with Gasteiger partial charge in [-0.1, -0.05) is 42.5 Å². The molecule has 2 saturated heterocycles. The number of nitrogens with zero attached hydrogens (tertiary/aromatic N) is 3. The van der Waals surface area contributed by atoms with Crippen LogP contribution in [0.4, 0.5) is 26.2 Å². The molecule has 5 rings (SSSR count). The summed E-state index contributed by atoms with van der Waals surface area (Å²) in [5.41, 5.74) is 1.08. The lowest BCUT2D eigenvalue weighted by Gasteiger charge is -2.43. The maximum Gasteiger partial charge on any atom is 0.321 e. The highest BCUT2D eigenvalue weighted by atomic mass is 19.1. The van der Waals surface area contributed by atoms with Crippen molar-refractivity contribution >= 4 is 34.9 Å². The molecule has 0 atom stereocenters. The van der Waals surface area contributed by atoms with Gasteiger partial charge < -0.3 is 25.3 Å². The van der Waals surface area contributed by atoms with E-state index in [1.807, 2.05) is 53.4 Å². The van der Waals surface area contributed by atoms with Gasteiger partial charge in [-0.2, -0.15) is 0 Å². The molecule has 2 aliphatic rings. The standard InChI is InChI=1S/C28H28FN5O3/c29-21-8-7-11-23(18-21)31-27(37)32-16-14-28(15-17-32)26(36)33(20-34(28)24-12-5-2-6-13-24)19-25(35)30-22-9-3-1-4-10-22/h1-13,18H,14-17,19-20H2,(H,30,35)(H,31,37). The summed E-state index contributed by atoms with van der Waals surface area (Å²) < 4.78 is 13.5. The molecule has 0 bridgehead atoms. The monoisotopic (exact) mass is 501 g/mol. The molecule has 0 radical (unpaired) electrons. The van der Waals surface area contributed by atoms with E-state index in [-0.39, 0.29) is 31.1 Å². The minimum Gasteiger partial charge on any atom is -0.339 e. The maximum absolute atomic E-state index is 13.8. The second-order valence-electron chi connectivity index (χ2n) is 9.28. The molecule has 3 aromatic rings. The maximum atomic E-state index is 13.8. The number of benzene rings is 3. The number of hydrogen-bond acceptors (Lipinski definition) is 4. The fourth-order valence-corrected chi connectivity index (χ4v) is 5.07. The molecule has 0 aliphatic carbocycles. The van der Waals surface area contributed by atoms with Crippen molar-refractivity contribution in [1.82, 2.24) is 9.80 Å². The predicted octanol–water partition coefficient (Wildman–Crippen LogP) is 4.14. The van der Waals surface area contributed by atoms with E-state index in [1.54, 1.807) is 28.0 Å². The van der Waals surface area contributed by atoms with Crippen LogP contribution >= 0.6 is 0 Å². The lowest BCUT2D eigenvalue weighted by Crippen LogP contribution is -2.58. The molecule has 3 aromatic carbocycles. The first kappa shape index (κ1) is 24.3. The molecule has 8 nitrogen and oxygen atoms in total. The van der Waals surface area contributed by atoms with E-state index in [1.165, 1.54) is 18.2 Å². The average Bonchev–Trinajstić information content (AvgIpc) is 3.16. The number of likely N-dealkylation sites (tertiary alicyclic amines) is 1. The van der Waals surface area contributed by atoms with Crippen LogP contribution in [-0.2, 0) is 9.59 Å². The number of para-hydroxylation sites is 2. The first-order valence-electron chi connectivity index (χ1n) is 12.2. The minimum atomic E-state index is -0.857. The highest BCUT2D eigenvalue weighted by molar-refractivity contribution is 5.99. The van der Waals surface area contributed by atoms with E-state index in [4.69, 9.17) is 0 Å². The van der Waals surface area contributed by atoms with Gasteiger partial charge in [0.05, 0.1) is 6.67 Å². The van der Waals surface area contributed by atoms with Gasteiger partial charge in [-0.3, -0.25) is 9.59 Å². The largest absolute Gasteiger partial charge is 0.339 e. The van der Waals surface area contributed by atoms with Gasteiger partial charge in [0.15, 0.2) is 0 Å². The summed E-state index contributed by atoms with van der Waals surface area (Å²) in [7, 11) is 0. The zero-order valence-corrected chi connectivity index (χ0v) is 20.3. The second-order valence-corrected chi connectivity index (χ2v) is 9.28. The van der Waals surface area contributed by atoms with Crippen LogP contribution in [0.2, 0.25) is 0 Å². The smallest absolute Gasteiger partial charge is 0.321 e. The van der Waals surface area contributed by atoms with Gasteiger partial charge in [0.1, 0.15) is 17.9 Å².